The largest absolute Gasteiger partial charge is 0.445 e. The van der Waals surface area contributed by atoms with E-state index in [1.165, 1.54) is 9.80 Å². The van der Waals surface area contributed by atoms with E-state index < -0.39 is 24.3 Å². The van der Waals surface area contributed by atoms with E-state index >= 15 is 0 Å². The molecular weight excluding hydrogens is 648 g/mol. The number of pyridine rings is 1. The molecule has 5 aromatic rings. The topological polar surface area (TPSA) is 146 Å². The van der Waals surface area contributed by atoms with E-state index in [2.05, 4.69) is 20.6 Å². The molecule has 4 amide bonds. The number of aromatic nitrogens is 2. The van der Waals surface area contributed by atoms with Crippen molar-refractivity contribution < 1.29 is 28.7 Å². The summed E-state index contributed by atoms with van der Waals surface area (Å²) < 4.78 is 11.0. The molecule has 0 aliphatic carbocycles. The molecule has 2 aliphatic heterocycles. The summed E-state index contributed by atoms with van der Waals surface area (Å²) >= 11 is 0. The first-order valence-electron chi connectivity index (χ1n) is 17.1. The van der Waals surface area contributed by atoms with Gasteiger partial charge in [-0.2, -0.15) is 0 Å². The SMILES string of the molecule is O=C(Nc1ccc(-c2cc3nc(NC(=O)[C@@H]4CCCN4C(=O)OCc4ccccc4)ccc3[nH]2)cc1)[C@@H]1CCCN1C(=O)OCc1ccccc1. The summed E-state index contributed by atoms with van der Waals surface area (Å²) in [6.07, 6.45) is 1.52. The Hall–Kier alpha value is -6.17. The van der Waals surface area contributed by atoms with Gasteiger partial charge in [0.05, 0.1) is 11.0 Å². The number of carbonyl (C=O) groups excluding carboxylic acids is 4. The fourth-order valence-corrected chi connectivity index (χ4v) is 6.52. The molecule has 0 bridgehead atoms. The lowest BCUT2D eigenvalue weighted by Crippen LogP contribution is -2.43. The fourth-order valence-electron chi connectivity index (χ4n) is 6.52. The fraction of sp³-hybridized carbons (Fsp3) is 0.256. The van der Waals surface area contributed by atoms with E-state index in [1.807, 2.05) is 97.1 Å². The quantitative estimate of drug-likeness (QED) is 0.156. The Morgan fingerprint density at radius 1 is 0.686 bits per heavy atom. The maximum absolute atomic E-state index is 13.2. The standard InChI is InChI=1S/C39H38N6O6/c46-36(33-13-7-21-44(33)38(48)50-24-26-9-3-1-4-10-26)40-29-17-15-28(16-18-29)31-23-32-30(41-31)19-20-35(42-32)43-37(47)34-14-8-22-45(34)39(49)51-25-27-11-5-2-6-12-27/h1-6,9-12,15-20,23,33-34,41H,7-8,13-14,21-22,24-25H2,(H,40,46)(H,42,43,47)/t33-,34-/m0/s1. The number of hydrogen-bond acceptors (Lipinski definition) is 7. The second kappa shape index (κ2) is 15.2. The van der Waals surface area contributed by atoms with Gasteiger partial charge in [0.2, 0.25) is 11.8 Å². The summed E-state index contributed by atoms with van der Waals surface area (Å²) in [4.78, 5) is 62.9. The molecule has 51 heavy (non-hydrogen) atoms. The summed E-state index contributed by atoms with van der Waals surface area (Å²) in [5.41, 5.74) is 5.50. The molecule has 0 radical (unpaired) electrons. The highest BCUT2D eigenvalue weighted by molar-refractivity contribution is 5.98. The smallest absolute Gasteiger partial charge is 0.410 e. The average molecular weight is 687 g/mol. The Labute approximate surface area is 294 Å². The number of amides is 4. The second-order valence-corrected chi connectivity index (χ2v) is 12.7. The van der Waals surface area contributed by atoms with E-state index in [9.17, 15) is 19.2 Å². The van der Waals surface area contributed by atoms with Gasteiger partial charge in [0, 0.05) is 24.5 Å². The molecule has 4 heterocycles. The van der Waals surface area contributed by atoms with Crippen LogP contribution in [0.4, 0.5) is 21.1 Å². The number of fused-ring (bicyclic) bond motifs is 1. The molecule has 7 rings (SSSR count). The lowest BCUT2D eigenvalue weighted by molar-refractivity contribution is -0.120. The van der Waals surface area contributed by atoms with Crippen molar-refractivity contribution in [1.29, 1.82) is 0 Å². The minimum Gasteiger partial charge on any atom is -0.445 e. The van der Waals surface area contributed by atoms with Crippen LogP contribution in [0.5, 0.6) is 0 Å². The maximum Gasteiger partial charge on any atom is 0.410 e. The second-order valence-electron chi connectivity index (χ2n) is 12.7. The monoisotopic (exact) mass is 686 g/mol. The Balaban J connectivity index is 0.939. The summed E-state index contributed by atoms with van der Waals surface area (Å²) in [6, 6.07) is 30.4. The van der Waals surface area contributed by atoms with Crippen molar-refractivity contribution in [1.82, 2.24) is 19.8 Å². The molecular formula is C39H38N6O6. The van der Waals surface area contributed by atoms with Crippen molar-refractivity contribution in [2.45, 2.75) is 51.0 Å². The summed E-state index contributed by atoms with van der Waals surface area (Å²) in [5.74, 6) is -0.189. The minimum atomic E-state index is -0.642. The third kappa shape index (κ3) is 7.85. The zero-order valence-corrected chi connectivity index (χ0v) is 27.9. The van der Waals surface area contributed by atoms with Crippen LogP contribution in [0.1, 0.15) is 36.8 Å². The molecule has 260 valence electrons. The first-order valence-corrected chi connectivity index (χ1v) is 17.1. The first kappa shape index (κ1) is 33.3. The van der Waals surface area contributed by atoms with E-state index in [-0.39, 0.29) is 25.0 Å². The lowest BCUT2D eigenvalue weighted by atomic mass is 10.1. The van der Waals surface area contributed by atoms with Gasteiger partial charge in [-0.25, -0.2) is 14.6 Å². The Morgan fingerprint density at radius 2 is 1.24 bits per heavy atom. The van der Waals surface area contributed by atoms with Gasteiger partial charge in [-0.15, -0.1) is 0 Å². The number of anilines is 2. The zero-order valence-electron chi connectivity index (χ0n) is 27.9. The molecule has 0 spiro atoms. The van der Waals surface area contributed by atoms with E-state index in [1.54, 1.807) is 6.07 Å². The van der Waals surface area contributed by atoms with Gasteiger partial charge in [-0.05, 0) is 72.7 Å². The van der Waals surface area contributed by atoms with E-state index in [0.29, 0.717) is 49.4 Å². The van der Waals surface area contributed by atoms with Crippen LogP contribution in [0.2, 0.25) is 0 Å². The number of H-pyrrole nitrogens is 1. The summed E-state index contributed by atoms with van der Waals surface area (Å²) in [5, 5.41) is 5.81. The highest BCUT2D eigenvalue weighted by Gasteiger charge is 2.36. The minimum absolute atomic E-state index is 0.142. The summed E-state index contributed by atoms with van der Waals surface area (Å²) in [7, 11) is 0. The van der Waals surface area contributed by atoms with Gasteiger partial charge in [-0.3, -0.25) is 19.4 Å². The van der Waals surface area contributed by atoms with Crippen molar-refractivity contribution >= 4 is 46.5 Å². The first-order chi connectivity index (χ1) is 24.9. The molecule has 0 unspecified atom stereocenters. The zero-order chi connectivity index (χ0) is 35.2. The van der Waals surface area contributed by atoms with Crippen molar-refractivity contribution in [2.24, 2.45) is 0 Å². The van der Waals surface area contributed by atoms with Crippen LogP contribution in [0, 0.1) is 0 Å². The van der Waals surface area contributed by atoms with Gasteiger partial charge in [0.25, 0.3) is 0 Å². The van der Waals surface area contributed by atoms with Crippen molar-refractivity contribution in [3.63, 3.8) is 0 Å². The van der Waals surface area contributed by atoms with Crippen LogP contribution in [-0.4, -0.2) is 68.9 Å². The number of likely N-dealkylation sites (tertiary alicyclic amines) is 2. The van der Waals surface area contributed by atoms with Crippen LogP contribution < -0.4 is 10.6 Å². The predicted molar refractivity (Wildman–Crippen MR) is 191 cm³/mol. The van der Waals surface area contributed by atoms with Gasteiger partial charge < -0.3 is 25.1 Å². The van der Waals surface area contributed by atoms with Crippen LogP contribution in [0.15, 0.2) is 103 Å². The van der Waals surface area contributed by atoms with Gasteiger partial charge in [-0.1, -0.05) is 72.8 Å². The normalized spacial score (nSPS) is 16.9. The van der Waals surface area contributed by atoms with Crippen molar-refractivity contribution in [3.8, 4) is 11.3 Å². The average Bonchev–Trinajstić information content (AvgIpc) is 3.94. The number of nitrogens with zero attached hydrogens (tertiary/aromatic N) is 3. The molecule has 12 heteroatoms. The van der Waals surface area contributed by atoms with Crippen LogP contribution >= 0.6 is 0 Å². The molecule has 3 aromatic carbocycles. The van der Waals surface area contributed by atoms with Crippen LogP contribution in [-0.2, 0) is 32.3 Å². The summed E-state index contributed by atoms with van der Waals surface area (Å²) in [6.45, 7) is 1.21. The molecule has 12 nitrogen and oxygen atoms in total. The molecule has 2 aromatic heterocycles. The molecule has 3 N–H and O–H groups in total. The number of aromatic amines is 1. The molecule has 2 fully saturated rings. The van der Waals surface area contributed by atoms with Gasteiger partial charge >= 0.3 is 12.2 Å². The number of rotatable bonds is 9. The molecule has 2 atom stereocenters. The number of benzene rings is 3. The third-order valence-electron chi connectivity index (χ3n) is 9.18. The number of hydrogen-bond donors (Lipinski definition) is 3. The lowest BCUT2D eigenvalue weighted by Gasteiger charge is -2.23. The molecule has 0 saturated carbocycles. The van der Waals surface area contributed by atoms with E-state index in [4.69, 9.17) is 9.47 Å². The van der Waals surface area contributed by atoms with Crippen molar-refractivity contribution in [2.75, 3.05) is 23.7 Å². The van der Waals surface area contributed by atoms with E-state index in [0.717, 1.165) is 34.3 Å². The van der Waals surface area contributed by atoms with Crippen molar-refractivity contribution in [3.05, 3.63) is 114 Å². The number of ether oxygens (including phenoxy) is 2. The Bertz CT molecular complexity index is 2020. The van der Waals surface area contributed by atoms with Crippen LogP contribution in [0.3, 0.4) is 0 Å². The number of nitrogens with one attached hydrogen (secondary N) is 3. The number of carbonyl (C=O) groups is 4. The highest BCUT2D eigenvalue weighted by atomic mass is 16.6. The van der Waals surface area contributed by atoms with Gasteiger partial charge in [0.1, 0.15) is 31.1 Å². The highest BCUT2D eigenvalue weighted by Crippen LogP contribution is 2.27. The molecule has 2 aliphatic rings. The predicted octanol–water partition coefficient (Wildman–Crippen LogP) is 6.71. The third-order valence-corrected chi connectivity index (χ3v) is 9.18. The van der Waals surface area contributed by atoms with Gasteiger partial charge in [0.15, 0.2) is 0 Å². The maximum atomic E-state index is 13.2. The molecule has 2 saturated heterocycles. The Morgan fingerprint density at radius 3 is 1.80 bits per heavy atom. The van der Waals surface area contributed by atoms with Crippen LogP contribution in [0.25, 0.3) is 22.3 Å². The Kier molecular flexibility index (Phi) is 9.91.